The summed E-state index contributed by atoms with van der Waals surface area (Å²) in [7, 11) is 0. The third-order valence-electron chi connectivity index (χ3n) is 2.75. The molecule has 1 rings (SSSR count). The van der Waals surface area contributed by atoms with Crippen LogP contribution < -0.4 is 5.73 Å². The first kappa shape index (κ1) is 15.1. The summed E-state index contributed by atoms with van der Waals surface area (Å²) in [6, 6.07) is 4.08. The highest BCUT2D eigenvalue weighted by molar-refractivity contribution is 5.09. The monoisotopic (exact) mass is 252 g/mol. The van der Waals surface area contributed by atoms with Gasteiger partial charge in [0, 0.05) is 38.8 Å². The molecule has 2 N–H and O–H groups in total. The third-order valence-corrected chi connectivity index (χ3v) is 2.75. The molecule has 1 unspecified atom stereocenters. The van der Waals surface area contributed by atoms with Gasteiger partial charge < -0.3 is 15.2 Å². The fourth-order valence-electron chi connectivity index (χ4n) is 1.75. The molecular formula is C14H24N2O2. The second kappa shape index (κ2) is 10.00. The first-order chi connectivity index (χ1) is 8.86. The Morgan fingerprint density at radius 3 is 2.72 bits per heavy atom. The normalized spacial score (nSPS) is 12.6. The maximum atomic E-state index is 5.59. The summed E-state index contributed by atoms with van der Waals surface area (Å²) in [5.41, 5.74) is 6.90. The first-order valence-corrected chi connectivity index (χ1v) is 6.65. The van der Waals surface area contributed by atoms with Crippen molar-refractivity contribution < 1.29 is 9.47 Å². The predicted molar refractivity (Wildman–Crippen MR) is 72.5 cm³/mol. The van der Waals surface area contributed by atoms with Crippen molar-refractivity contribution in [1.29, 1.82) is 0 Å². The average molecular weight is 252 g/mol. The van der Waals surface area contributed by atoms with Gasteiger partial charge >= 0.3 is 0 Å². The Hall–Kier alpha value is -0.970. The Bertz CT molecular complexity index is 293. The van der Waals surface area contributed by atoms with Gasteiger partial charge in [-0.1, -0.05) is 0 Å². The van der Waals surface area contributed by atoms with E-state index in [9.17, 15) is 0 Å². The molecule has 1 heterocycles. The minimum Gasteiger partial charge on any atom is -0.381 e. The Balaban J connectivity index is 1.98. The second-order valence-corrected chi connectivity index (χ2v) is 4.17. The summed E-state index contributed by atoms with van der Waals surface area (Å²) in [6.07, 6.45) is 6.73. The van der Waals surface area contributed by atoms with Gasteiger partial charge in [0.15, 0.2) is 0 Å². The fourth-order valence-corrected chi connectivity index (χ4v) is 1.75. The molecule has 0 amide bonds. The van der Waals surface area contributed by atoms with Crippen molar-refractivity contribution in [3.05, 3.63) is 30.1 Å². The predicted octanol–water partition coefficient (Wildman–Crippen LogP) is 1.78. The van der Waals surface area contributed by atoms with E-state index < -0.39 is 0 Å². The van der Waals surface area contributed by atoms with E-state index in [2.05, 4.69) is 4.98 Å². The lowest BCUT2D eigenvalue weighted by Gasteiger charge is -2.14. The minimum atomic E-state index is 0.134. The molecule has 0 saturated heterocycles. The lowest BCUT2D eigenvalue weighted by atomic mass is 10.1. The van der Waals surface area contributed by atoms with Crippen LogP contribution in [0, 0.1) is 0 Å². The smallest absolute Gasteiger partial charge is 0.0719 e. The summed E-state index contributed by atoms with van der Waals surface area (Å²) in [4.78, 5) is 3.99. The number of nitrogens with two attached hydrogens (primary N) is 1. The van der Waals surface area contributed by atoms with Crippen molar-refractivity contribution >= 4 is 0 Å². The molecule has 4 nitrogen and oxygen atoms in total. The van der Waals surface area contributed by atoms with Crippen LogP contribution in [0.5, 0.6) is 0 Å². The van der Waals surface area contributed by atoms with Gasteiger partial charge in [0.25, 0.3) is 0 Å². The molecular weight excluding hydrogens is 228 g/mol. The lowest BCUT2D eigenvalue weighted by Crippen LogP contribution is -2.25. The number of ether oxygens (including phenoxy) is 2. The van der Waals surface area contributed by atoms with Gasteiger partial charge in [-0.15, -0.1) is 0 Å². The van der Waals surface area contributed by atoms with E-state index >= 15 is 0 Å². The zero-order chi connectivity index (χ0) is 13.1. The average Bonchev–Trinajstić information content (AvgIpc) is 2.42. The summed E-state index contributed by atoms with van der Waals surface area (Å²) in [6.45, 7) is 4.76. The molecule has 0 aliphatic carbocycles. The van der Waals surface area contributed by atoms with Crippen LogP contribution in [0.4, 0.5) is 0 Å². The third kappa shape index (κ3) is 6.69. The van der Waals surface area contributed by atoms with E-state index in [0.29, 0.717) is 13.2 Å². The van der Waals surface area contributed by atoms with E-state index in [4.69, 9.17) is 15.2 Å². The molecule has 102 valence electrons. The Labute approximate surface area is 110 Å². The molecule has 0 aliphatic heterocycles. The van der Waals surface area contributed by atoms with Crippen molar-refractivity contribution in [3.8, 4) is 0 Å². The highest BCUT2D eigenvalue weighted by Gasteiger charge is 2.04. The molecule has 0 saturated carbocycles. The molecule has 4 heteroatoms. The van der Waals surface area contributed by atoms with Crippen molar-refractivity contribution in [2.75, 3.05) is 26.4 Å². The fraction of sp³-hybridized carbons (Fsp3) is 0.643. The van der Waals surface area contributed by atoms with Crippen LogP contribution in [0.2, 0.25) is 0 Å². The zero-order valence-electron chi connectivity index (χ0n) is 11.2. The minimum absolute atomic E-state index is 0.134. The number of pyridine rings is 1. The lowest BCUT2D eigenvalue weighted by molar-refractivity contribution is 0.0323. The first-order valence-electron chi connectivity index (χ1n) is 6.65. The topological polar surface area (TPSA) is 57.4 Å². The summed E-state index contributed by atoms with van der Waals surface area (Å²) < 4.78 is 11.0. The molecule has 1 aromatic rings. The molecule has 1 aromatic heterocycles. The van der Waals surface area contributed by atoms with E-state index in [1.165, 1.54) is 5.56 Å². The van der Waals surface area contributed by atoms with E-state index in [1.54, 1.807) is 0 Å². The maximum Gasteiger partial charge on any atom is 0.0719 e. The number of hydrogen-bond acceptors (Lipinski definition) is 4. The largest absolute Gasteiger partial charge is 0.381 e. The number of nitrogens with zero attached hydrogens (tertiary/aromatic N) is 1. The Morgan fingerprint density at radius 1 is 1.28 bits per heavy atom. The standard InChI is InChI=1S/C14H24N2O2/c1-2-18-14(12-15)7-11-17-10-3-4-13-5-8-16-9-6-13/h5-6,8-9,14H,2-4,7,10-12,15H2,1H3. The molecule has 0 aromatic carbocycles. The van der Waals surface area contributed by atoms with Gasteiger partial charge in [-0.05, 0) is 43.9 Å². The van der Waals surface area contributed by atoms with E-state index in [0.717, 1.165) is 32.5 Å². The molecule has 0 fully saturated rings. The van der Waals surface area contributed by atoms with Crippen molar-refractivity contribution in [1.82, 2.24) is 4.98 Å². The van der Waals surface area contributed by atoms with Crippen LogP contribution in [0.1, 0.15) is 25.3 Å². The number of aryl methyl sites for hydroxylation is 1. The quantitative estimate of drug-likeness (QED) is 0.645. The highest BCUT2D eigenvalue weighted by atomic mass is 16.5. The SMILES string of the molecule is CCOC(CN)CCOCCCc1ccncc1. The molecule has 0 aliphatic rings. The van der Waals surface area contributed by atoms with Crippen LogP contribution in [-0.4, -0.2) is 37.5 Å². The zero-order valence-corrected chi connectivity index (χ0v) is 11.2. The Kier molecular flexibility index (Phi) is 8.38. The van der Waals surface area contributed by atoms with Gasteiger partial charge in [-0.2, -0.15) is 0 Å². The van der Waals surface area contributed by atoms with Crippen LogP contribution in [0.3, 0.4) is 0 Å². The van der Waals surface area contributed by atoms with E-state index in [-0.39, 0.29) is 6.10 Å². The van der Waals surface area contributed by atoms with E-state index in [1.807, 2.05) is 31.5 Å². The van der Waals surface area contributed by atoms with Crippen LogP contribution >= 0.6 is 0 Å². The second-order valence-electron chi connectivity index (χ2n) is 4.17. The number of hydrogen-bond donors (Lipinski definition) is 1. The summed E-state index contributed by atoms with van der Waals surface area (Å²) >= 11 is 0. The van der Waals surface area contributed by atoms with Crippen LogP contribution in [0.15, 0.2) is 24.5 Å². The molecule has 1 atom stereocenters. The van der Waals surface area contributed by atoms with Crippen LogP contribution in [0.25, 0.3) is 0 Å². The van der Waals surface area contributed by atoms with Crippen molar-refractivity contribution in [2.45, 2.75) is 32.3 Å². The van der Waals surface area contributed by atoms with Gasteiger partial charge in [0.1, 0.15) is 0 Å². The summed E-state index contributed by atoms with van der Waals surface area (Å²) in [5, 5.41) is 0. The highest BCUT2D eigenvalue weighted by Crippen LogP contribution is 2.02. The molecule has 0 spiro atoms. The molecule has 0 bridgehead atoms. The maximum absolute atomic E-state index is 5.59. The number of aromatic nitrogens is 1. The van der Waals surface area contributed by atoms with Gasteiger partial charge in [-0.3, -0.25) is 4.98 Å². The van der Waals surface area contributed by atoms with Crippen molar-refractivity contribution in [2.24, 2.45) is 5.73 Å². The molecule has 18 heavy (non-hydrogen) atoms. The van der Waals surface area contributed by atoms with Crippen molar-refractivity contribution in [3.63, 3.8) is 0 Å². The van der Waals surface area contributed by atoms with Crippen LogP contribution in [-0.2, 0) is 15.9 Å². The van der Waals surface area contributed by atoms with Gasteiger partial charge in [0.05, 0.1) is 6.10 Å². The van der Waals surface area contributed by atoms with Gasteiger partial charge in [-0.25, -0.2) is 0 Å². The Morgan fingerprint density at radius 2 is 2.06 bits per heavy atom. The molecule has 0 radical (unpaired) electrons. The number of rotatable bonds is 10. The van der Waals surface area contributed by atoms with Gasteiger partial charge in [0.2, 0.25) is 0 Å². The summed E-state index contributed by atoms with van der Waals surface area (Å²) in [5.74, 6) is 0.